The van der Waals surface area contributed by atoms with E-state index in [1.54, 1.807) is 18.2 Å². The predicted molar refractivity (Wildman–Crippen MR) is 98.7 cm³/mol. The molecule has 0 heterocycles. The van der Waals surface area contributed by atoms with Gasteiger partial charge < -0.3 is 5.32 Å². The zero-order valence-electron chi connectivity index (χ0n) is 14.7. The number of halogens is 1. The molecule has 0 spiro atoms. The Hall–Kier alpha value is -2.25. The van der Waals surface area contributed by atoms with Gasteiger partial charge in [-0.2, -0.15) is 0 Å². The van der Waals surface area contributed by atoms with Crippen molar-refractivity contribution in [3.63, 3.8) is 0 Å². The summed E-state index contributed by atoms with van der Waals surface area (Å²) in [4.78, 5) is 12.2. The van der Waals surface area contributed by atoms with Crippen LogP contribution in [0.1, 0.15) is 42.1 Å². The van der Waals surface area contributed by atoms with Gasteiger partial charge in [0, 0.05) is 24.2 Å². The smallest absolute Gasteiger partial charge is 0.251 e. The normalized spacial score (nSPS) is 11.3. The predicted octanol–water partition coefficient (Wildman–Crippen LogP) is 3.22. The summed E-state index contributed by atoms with van der Waals surface area (Å²) in [6.45, 7) is 2.50. The first-order valence-corrected chi connectivity index (χ1v) is 10.0. The summed E-state index contributed by atoms with van der Waals surface area (Å²) in [7, 11) is -3.58. The first-order valence-electron chi connectivity index (χ1n) is 8.55. The average molecular weight is 378 g/mol. The van der Waals surface area contributed by atoms with Crippen molar-refractivity contribution in [2.24, 2.45) is 0 Å². The first-order chi connectivity index (χ1) is 12.4. The Morgan fingerprint density at radius 1 is 1.04 bits per heavy atom. The van der Waals surface area contributed by atoms with Crippen LogP contribution in [0.25, 0.3) is 0 Å². The molecule has 0 aromatic heterocycles. The van der Waals surface area contributed by atoms with Crippen molar-refractivity contribution >= 4 is 15.9 Å². The summed E-state index contributed by atoms with van der Waals surface area (Å²) in [5, 5.41) is 2.62. The summed E-state index contributed by atoms with van der Waals surface area (Å²) in [6, 6.07) is 11.9. The van der Waals surface area contributed by atoms with E-state index in [2.05, 4.69) is 10.0 Å². The van der Waals surface area contributed by atoms with Crippen molar-refractivity contribution in [2.45, 2.75) is 37.6 Å². The fourth-order valence-electron chi connectivity index (χ4n) is 2.37. The van der Waals surface area contributed by atoms with Gasteiger partial charge in [0.15, 0.2) is 0 Å². The highest BCUT2D eigenvalue weighted by atomic mass is 32.2. The summed E-state index contributed by atoms with van der Waals surface area (Å²) >= 11 is 0. The molecule has 0 bridgehead atoms. The van der Waals surface area contributed by atoms with E-state index >= 15 is 0 Å². The third kappa shape index (κ3) is 5.64. The summed E-state index contributed by atoms with van der Waals surface area (Å²) < 4.78 is 40.4. The van der Waals surface area contributed by atoms with Crippen LogP contribution >= 0.6 is 0 Å². The summed E-state index contributed by atoms with van der Waals surface area (Å²) in [6.07, 6.45) is 2.76. The highest BCUT2D eigenvalue weighted by Gasteiger charge is 2.14. The molecule has 0 saturated heterocycles. The van der Waals surface area contributed by atoms with Crippen LogP contribution in [0.3, 0.4) is 0 Å². The van der Waals surface area contributed by atoms with Crippen LogP contribution in [0.4, 0.5) is 4.39 Å². The van der Waals surface area contributed by atoms with E-state index in [4.69, 9.17) is 0 Å². The third-order valence-corrected chi connectivity index (χ3v) is 5.37. The number of sulfonamides is 1. The molecule has 0 atom stereocenters. The number of amides is 1. The fourth-order valence-corrected chi connectivity index (χ4v) is 3.44. The second-order valence-corrected chi connectivity index (χ2v) is 7.67. The molecule has 7 heteroatoms. The molecule has 140 valence electrons. The maximum Gasteiger partial charge on any atom is 0.251 e. The van der Waals surface area contributed by atoms with Crippen molar-refractivity contribution in [1.29, 1.82) is 0 Å². The standard InChI is InChI=1S/C19H23FN2O3S/c1-2-3-6-13-22-26(24,25)17-11-9-15(10-12-17)19(23)21-14-16-7-4-5-8-18(16)20/h4-5,7-12,22H,2-3,6,13-14H2,1H3,(H,21,23). The second kappa shape index (κ2) is 9.45. The lowest BCUT2D eigenvalue weighted by Crippen LogP contribution is -2.25. The first kappa shape index (κ1) is 20.1. The SMILES string of the molecule is CCCCCNS(=O)(=O)c1ccc(C(=O)NCc2ccccc2F)cc1. The number of carbonyl (C=O) groups excluding carboxylic acids is 1. The molecule has 0 unspecified atom stereocenters. The molecule has 2 aromatic carbocycles. The third-order valence-electron chi connectivity index (χ3n) is 3.90. The van der Waals surface area contributed by atoms with Crippen LogP contribution in [0.15, 0.2) is 53.4 Å². The van der Waals surface area contributed by atoms with Gasteiger partial charge in [0.05, 0.1) is 4.90 Å². The number of benzene rings is 2. The molecule has 0 aliphatic heterocycles. The van der Waals surface area contributed by atoms with Crippen LogP contribution < -0.4 is 10.0 Å². The minimum Gasteiger partial charge on any atom is -0.348 e. The number of hydrogen-bond donors (Lipinski definition) is 2. The molecule has 0 fully saturated rings. The zero-order valence-corrected chi connectivity index (χ0v) is 15.5. The molecule has 2 rings (SSSR count). The van der Waals surface area contributed by atoms with Gasteiger partial charge in [-0.3, -0.25) is 4.79 Å². The second-order valence-electron chi connectivity index (χ2n) is 5.90. The molecule has 2 aromatic rings. The van der Waals surface area contributed by atoms with E-state index in [9.17, 15) is 17.6 Å². The lowest BCUT2D eigenvalue weighted by atomic mass is 10.2. The molecule has 5 nitrogen and oxygen atoms in total. The van der Waals surface area contributed by atoms with Crippen LogP contribution in [0.5, 0.6) is 0 Å². The molecular formula is C19H23FN2O3S. The monoisotopic (exact) mass is 378 g/mol. The van der Waals surface area contributed by atoms with Crippen LogP contribution in [-0.4, -0.2) is 20.9 Å². The molecule has 26 heavy (non-hydrogen) atoms. The van der Waals surface area contributed by atoms with Crippen molar-refractivity contribution in [3.8, 4) is 0 Å². The maximum absolute atomic E-state index is 13.6. The van der Waals surface area contributed by atoms with Crippen molar-refractivity contribution in [1.82, 2.24) is 10.0 Å². The highest BCUT2D eigenvalue weighted by Crippen LogP contribution is 2.12. The van der Waals surface area contributed by atoms with Gasteiger partial charge in [0.25, 0.3) is 5.91 Å². The number of carbonyl (C=O) groups is 1. The quantitative estimate of drug-likeness (QED) is 0.658. The number of nitrogens with one attached hydrogen (secondary N) is 2. The minimum atomic E-state index is -3.58. The van der Waals surface area contributed by atoms with Crippen molar-refractivity contribution in [3.05, 3.63) is 65.5 Å². The van der Waals surface area contributed by atoms with E-state index in [0.717, 1.165) is 19.3 Å². The Kier molecular flexibility index (Phi) is 7.29. The number of rotatable bonds is 9. The van der Waals surface area contributed by atoms with Crippen molar-refractivity contribution in [2.75, 3.05) is 6.54 Å². The van der Waals surface area contributed by atoms with Crippen LogP contribution in [0.2, 0.25) is 0 Å². The number of unbranched alkanes of at least 4 members (excludes halogenated alkanes) is 2. The topological polar surface area (TPSA) is 75.3 Å². The molecule has 0 saturated carbocycles. The zero-order chi connectivity index (χ0) is 19.0. The molecular weight excluding hydrogens is 355 g/mol. The minimum absolute atomic E-state index is 0.0601. The van der Waals surface area contributed by atoms with Gasteiger partial charge in [0.2, 0.25) is 10.0 Å². The van der Waals surface area contributed by atoms with Crippen molar-refractivity contribution < 1.29 is 17.6 Å². The molecule has 0 radical (unpaired) electrons. The summed E-state index contributed by atoms with van der Waals surface area (Å²) in [5.41, 5.74) is 0.697. The summed E-state index contributed by atoms with van der Waals surface area (Å²) in [5.74, 6) is -0.781. The van der Waals surface area contributed by atoms with Gasteiger partial charge in [-0.1, -0.05) is 38.0 Å². The molecule has 0 aliphatic carbocycles. The average Bonchev–Trinajstić information content (AvgIpc) is 2.64. The number of hydrogen-bond acceptors (Lipinski definition) is 3. The molecule has 2 N–H and O–H groups in total. The largest absolute Gasteiger partial charge is 0.348 e. The van der Waals surface area contributed by atoms with E-state index in [1.807, 2.05) is 6.92 Å². The lowest BCUT2D eigenvalue weighted by Gasteiger charge is -2.09. The fraction of sp³-hybridized carbons (Fsp3) is 0.316. The lowest BCUT2D eigenvalue weighted by molar-refractivity contribution is 0.0950. The Balaban J connectivity index is 1.95. The maximum atomic E-state index is 13.6. The van der Waals surface area contributed by atoms with E-state index in [1.165, 1.54) is 30.3 Å². The van der Waals surface area contributed by atoms with E-state index in [0.29, 0.717) is 17.7 Å². The Bertz CT molecular complexity index is 836. The van der Waals surface area contributed by atoms with Gasteiger partial charge in [-0.05, 0) is 36.8 Å². The molecule has 1 amide bonds. The van der Waals surface area contributed by atoms with Gasteiger partial charge in [-0.25, -0.2) is 17.5 Å². The van der Waals surface area contributed by atoms with E-state index < -0.39 is 15.9 Å². The van der Waals surface area contributed by atoms with Gasteiger partial charge >= 0.3 is 0 Å². The highest BCUT2D eigenvalue weighted by molar-refractivity contribution is 7.89. The Labute approximate surface area is 153 Å². The van der Waals surface area contributed by atoms with Gasteiger partial charge in [-0.15, -0.1) is 0 Å². The van der Waals surface area contributed by atoms with E-state index in [-0.39, 0.29) is 17.3 Å². The Morgan fingerprint density at radius 3 is 2.38 bits per heavy atom. The van der Waals surface area contributed by atoms with Crippen LogP contribution in [-0.2, 0) is 16.6 Å². The van der Waals surface area contributed by atoms with Gasteiger partial charge in [0.1, 0.15) is 5.82 Å². The van der Waals surface area contributed by atoms with Crippen LogP contribution in [0, 0.1) is 5.82 Å². The Morgan fingerprint density at radius 2 is 1.73 bits per heavy atom. The molecule has 0 aliphatic rings.